The van der Waals surface area contributed by atoms with Crippen LogP contribution in [0.2, 0.25) is 0 Å². The quantitative estimate of drug-likeness (QED) is 0.882. The number of para-hydroxylation sites is 2. The second kappa shape index (κ2) is 7.50. The molecule has 0 fully saturated rings. The molecule has 0 aliphatic rings. The Kier molecular flexibility index (Phi) is 5.42. The fourth-order valence-corrected chi connectivity index (χ4v) is 2.14. The van der Waals surface area contributed by atoms with E-state index < -0.39 is 6.10 Å². The molecule has 0 bridgehead atoms. The molecular formula is C18H21NO3. The van der Waals surface area contributed by atoms with Crippen molar-refractivity contribution >= 4 is 11.6 Å². The molecule has 0 aliphatic heterocycles. The summed E-state index contributed by atoms with van der Waals surface area (Å²) >= 11 is 0. The summed E-state index contributed by atoms with van der Waals surface area (Å²) in [5.74, 6) is 1.01. The molecule has 116 valence electrons. The number of ether oxygens (including phenoxy) is 2. The first kappa shape index (κ1) is 15.9. The molecule has 0 spiro atoms. The number of amides is 1. The molecule has 4 heteroatoms. The topological polar surface area (TPSA) is 47.6 Å². The van der Waals surface area contributed by atoms with E-state index in [1.807, 2.05) is 50.2 Å². The molecular weight excluding hydrogens is 278 g/mol. The molecule has 2 rings (SSSR count). The first-order valence-corrected chi connectivity index (χ1v) is 7.31. The van der Waals surface area contributed by atoms with Gasteiger partial charge in [-0.1, -0.05) is 31.2 Å². The maximum atomic E-state index is 12.4. The van der Waals surface area contributed by atoms with Crippen LogP contribution in [0.3, 0.4) is 0 Å². The van der Waals surface area contributed by atoms with Crippen molar-refractivity contribution in [2.45, 2.75) is 26.4 Å². The standard InChI is InChI=1S/C18H21NO3/c1-4-15(22-17-11-6-5-10-16(17)21-3)18(20)19-14-9-7-8-13(2)12-14/h5-12,15H,4H2,1-3H3,(H,19,20). The van der Waals surface area contributed by atoms with Gasteiger partial charge in [-0.05, 0) is 43.2 Å². The molecule has 0 radical (unpaired) electrons. The third kappa shape index (κ3) is 4.01. The lowest BCUT2D eigenvalue weighted by Gasteiger charge is -2.19. The number of anilines is 1. The fourth-order valence-electron chi connectivity index (χ4n) is 2.14. The van der Waals surface area contributed by atoms with E-state index >= 15 is 0 Å². The highest BCUT2D eigenvalue weighted by atomic mass is 16.5. The van der Waals surface area contributed by atoms with Gasteiger partial charge in [-0.2, -0.15) is 0 Å². The summed E-state index contributed by atoms with van der Waals surface area (Å²) in [7, 11) is 1.58. The van der Waals surface area contributed by atoms with Gasteiger partial charge in [0.05, 0.1) is 7.11 Å². The van der Waals surface area contributed by atoms with E-state index in [1.165, 1.54) is 0 Å². The van der Waals surface area contributed by atoms with E-state index in [0.29, 0.717) is 17.9 Å². The van der Waals surface area contributed by atoms with Gasteiger partial charge in [-0.25, -0.2) is 0 Å². The van der Waals surface area contributed by atoms with Crippen molar-refractivity contribution in [2.24, 2.45) is 0 Å². The van der Waals surface area contributed by atoms with Crippen molar-refractivity contribution in [3.05, 3.63) is 54.1 Å². The summed E-state index contributed by atoms with van der Waals surface area (Å²) in [6.07, 6.45) is -0.00722. The van der Waals surface area contributed by atoms with E-state index in [9.17, 15) is 4.79 Å². The van der Waals surface area contributed by atoms with Crippen LogP contribution in [-0.2, 0) is 4.79 Å². The number of carbonyl (C=O) groups excluding carboxylic acids is 1. The molecule has 1 amide bonds. The van der Waals surface area contributed by atoms with Crippen LogP contribution in [0.15, 0.2) is 48.5 Å². The Bertz CT molecular complexity index is 640. The summed E-state index contributed by atoms with van der Waals surface area (Å²) in [4.78, 5) is 12.4. The first-order chi connectivity index (χ1) is 10.6. The number of carbonyl (C=O) groups is 1. The zero-order valence-corrected chi connectivity index (χ0v) is 13.1. The highest BCUT2D eigenvalue weighted by Gasteiger charge is 2.20. The summed E-state index contributed by atoms with van der Waals surface area (Å²) in [6.45, 7) is 3.90. The predicted octanol–water partition coefficient (Wildman–Crippen LogP) is 3.80. The van der Waals surface area contributed by atoms with E-state index in [-0.39, 0.29) is 5.91 Å². The van der Waals surface area contributed by atoms with Crippen LogP contribution in [0.1, 0.15) is 18.9 Å². The second-order valence-electron chi connectivity index (χ2n) is 5.02. The van der Waals surface area contributed by atoms with Crippen LogP contribution in [0.25, 0.3) is 0 Å². The molecule has 1 unspecified atom stereocenters. The van der Waals surface area contributed by atoms with E-state index in [2.05, 4.69) is 5.32 Å². The zero-order valence-electron chi connectivity index (χ0n) is 13.1. The van der Waals surface area contributed by atoms with Gasteiger partial charge in [0, 0.05) is 5.69 Å². The molecule has 2 aromatic rings. The molecule has 0 saturated carbocycles. The van der Waals surface area contributed by atoms with Crippen LogP contribution in [-0.4, -0.2) is 19.1 Å². The molecule has 4 nitrogen and oxygen atoms in total. The van der Waals surface area contributed by atoms with Gasteiger partial charge in [0.1, 0.15) is 0 Å². The Hall–Kier alpha value is -2.49. The minimum Gasteiger partial charge on any atom is -0.493 e. The number of hydrogen-bond donors (Lipinski definition) is 1. The van der Waals surface area contributed by atoms with Crippen molar-refractivity contribution < 1.29 is 14.3 Å². The Balaban J connectivity index is 2.09. The van der Waals surface area contributed by atoms with Gasteiger partial charge in [-0.3, -0.25) is 4.79 Å². The number of nitrogens with one attached hydrogen (secondary N) is 1. The zero-order chi connectivity index (χ0) is 15.9. The van der Waals surface area contributed by atoms with Crippen molar-refractivity contribution in [2.75, 3.05) is 12.4 Å². The van der Waals surface area contributed by atoms with Gasteiger partial charge < -0.3 is 14.8 Å². The summed E-state index contributed by atoms with van der Waals surface area (Å²) in [5, 5.41) is 2.89. The molecule has 0 saturated heterocycles. The highest BCUT2D eigenvalue weighted by molar-refractivity contribution is 5.94. The number of methoxy groups -OCH3 is 1. The lowest BCUT2D eigenvalue weighted by atomic mass is 10.2. The molecule has 0 aromatic heterocycles. The lowest BCUT2D eigenvalue weighted by molar-refractivity contribution is -0.122. The molecule has 2 aromatic carbocycles. The highest BCUT2D eigenvalue weighted by Crippen LogP contribution is 2.27. The van der Waals surface area contributed by atoms with E-state index in [0.717, 1.165) is 11.3 Å². The number of aryl methyl sites for hydroxylation is 1. The lowest BCUT2D eigenvalue weighted by Crippen LogP contribution is -2.32. The van der Waals surface area contributed by atoms with Gasteiger partial charge in [0.25, 0.3) is 5.91 Å². The second-order valence-corrected chi connectivity index (χ2v) is 5.02. The van der Waals surface area contributed by atoms with Gasteiger partial charge in [-0.15, -0.1) is 0 Å². The van der Waals surface area contributed by atoms with E-state index in [1.54, 1.807) is 19.2 Å². The van der Waals surface area contributed by atoms with Crippen LogP contribution in [0, 0.1) is 6.92 Å². The number of hydrogen-bond acceptors (Lipinski definition) is 3. The fraction of sp³-hybridized carbons (Fsp3) is 0.278. The predicted molar refractivity (Wildman–Crippen MR) is 87.5 cm³/mol. The first-order valence-electron chi connectivity index (χ1n) is 7.31. The third-order valence-electron chi connectivity index (χ3n) is 3.29. The Morgan fingerprint density at radius 2 is 1.86 bits per heavy atom. The normalized spacial score (nSPS) is 11.6. The molecule has 1 N–H and O–H groups in total. The van der Waals surface area contributed by atoms with Crippen LogP contribution >= 0.6 is 0 Å². The molecule has 0 heterocycles. The van der Waals surface area contributed by atoms with Gasteiger partial charge in [0.15, 0.2) is 17.6 Å². The average Bonchev–Trinajstić information content (AvgIpc) is 2.52. The molecule has 22 heavy (non-hydrogen) atoms. The van der Waals surface area contributed by atoms with Crippen LogP contribution in [0.4, 0.5) is 5.69 Å². The minimum absolute atomic E-state index is 0.168. The van der Waals surface area contributed by atoms with Gasteiger partial charge >= 0.3 is 0 Å². The minimum atomic E-state index is -0.572. The van der Waals surface area contributed by atoms with Crippen LogP contribution < -0.4 is 14.8 Å². The summed E-state index contributed by atoms with van der Waals surface area (Å²) < 4.78 is 11.1. The van der Waals surface area contributed by atoms with Crippen molar-refractivity contribution in [3.63, 3.8) is 0 Å². The van der Waals surface area contributed by atoms with Crippen molar-refractivity contribution in [1.29, 1.82) is 0 Å². The van der Waals surface area contributed by atoms with E-state index in [4.69, 9.17) is 9.47 Å². The monoisotopic (exact) mass is 299 g/mol. The SMILES string of the molecule is CCC(Oc1ccccc1OC)C(=O)Nc1cccc(C)c1. The van der Waals surface area contributed by atoms with Crippen molar-refractivity contribution in [1.82, 2.24) is 0 Å². The Morgan fingerprint density at radius 1 is 1.14 bits per heavy atom. The maximum Gasteiger partial charge on any atom is 0.265 e. The van der Waals surface area contributed by atoms with Crippen molar-refractivity contribution in [3.8, 4) is 11.5 Å². The average molecular weight is 299 g/mol. The Morgan fingerprint density at radius 3 is 2.50 bits per heavy atom. The maximum absolute atomic E-state index is 12.4. The smallest absolute Gasteiger partial charge is 0.265 e. The number of benzene rings is 2. The molecule has 1 atom stereocenters. The largest absolute Gasteiger partial charge is 0.493 e. The Labute approximate surface area is 131 Å². The van der Waals surface area contributed by atoms with Gasteiger partial charge in [0.2, 0.25) is 0 Å². The molecule has 0 aliphatic carbocycles. The number of rotatable bonds is 6. The van der Waals surface area contributed by atoms with Crippen LogP contribution in [0.5, 0.6) is 11.5 Å². The summed E-state index contributed by atoms with van der Waals surface area (Å²) in [6, 6.07) is 15.0. The summed E-state index contributed by atoms with van der Waals surface area (Å²) in [5.41, 5.74) is 1.86. The third-order valence-corrected chi connectivity index (χ3v) is 3.29.